The molecule has 0 bridgehead atoms. The van der Waals surface area contributed by atoms with Crippen LogP contribution in [0.1, 0.15) is 45.7 Å². The Hall–Kier alpha value is -1.33. The van der Waals surface area contributed by atoms with E-state index in [1.807, 2.05) is 18.2 Å². The summed E-state index contributed by atoms with van der Waals surface area (Å²) in [6.07, 6.45) is 0.512. The fourth-order valence-electron chi connectivity index (χ4n) is 1.67. The number of benzene rings is 1. The Balaban J connectivity index is 2.69. The Morgan fingerprint density at radius 1 is 1.22 bits per heavy atom. The molecule has 0 aliphatic rings. The van der Waals surface area contributed by atoms with Gasteiger partial charge in [0.2, 0.25) is 0 Å². The molecule has 1 atom stereocenters. The molecule has 0 saturated carbocycles. The van der Waals surface area contributed by atoms with Crippen molar-refractivity contribution in [3.05, 3.63) is 35.9 Å². The van der Waals surface area contributed by atoms with Gasteiger partial charge >= 0.3 is 0 Å². The molecule has 98 valence electrons. The predicted molar refractivity (Wildman–Crippen MR) is 76.0 cm³/mol. The minimum absolute atomic E-state index is 0.134. The number of hydrogen-bond donors (Lipinski definition) is 1. The summed E-state index contributed by atoms with van der Waals surface area (Å²) in [5, 5.41) is 12.5. The zero-order chi connectivity index (χ0) is 13.6. The van der Waals surface area contributed by atoms with Gasteiger partial charge in [-0.15, -0.1) is 0 Å². The van der Waals surface area contributed by atoms with E-state index in [4.69, 9.17) is 5.26 Å². The maximum atomic E-state index is 8.95. The molecule has 0 aliphatic heterocycles. The lowest BCUT2D eigenvalue weighted by Crippen LogP contribution is -2.35. The minimum atomic E-state index is 0.134. The van der Waals surface area contributed by atoms with Crippen molar-refractivity contribution in [2.45, 2.75) is 40.2 Å². The highest BCUT2D eigenvalue weighted by Gasteiger charge is 2.23. The Kier molecular flexibility index (Phi) is 5.37. The van der Waals surface area contributed by atoms with Crippen LogP contribution in [0.2, 0.25) is 0 Å². The van der Waals surface area contributed by atoms with Gasteiger partial charge in [-0.25, -0.2) is 0 Å². The average molecular weight is 244 g/mol. The molecule has 0 aliphatic carbocycles. The third-order valence-corrected chi connectivity index (χ3v) is 3.86. The van der Waals surface area contributed by atoms with Crippen molar-refractivity contribution < 1.29 is 0 Å². The van der Waals surface area contributed by atoms with Gasteiger partial charge in [0.25, 0.3) is 0 Å². The molecule has 0 saturated heterocycles. The molecule has 1 aromatic rings. The molecule has 0 radical (unpaired) electrons. The average Bonchev–Trinajstić information content (AvgIpc) is 2.35. The Morgan fingerprint density at radius 3 is 2.33 bits per heavy atom. The van der Waals surface area contributed by atoms with Crippen LogP contribution in [0.3, 0.4) is 0 Å². The zero-order valence-electron chi connectivity index (χ0n) is 11.9. The molecule has 18 heavy (non-hydrogen) atoms. The van der Waals surface area contributed by atoms with Gasteiger partial charge in [0, 0.05) is 12.6 Å². The summed E-state index contributed by atoms with van der Waals surface area (Å²) >= 11 is 0. The van der Waals surface area contributed by atoms with Gasteiger partial charge in [0.05, 0.1) is 12.5 Å². The van der Waals surface area contributed by atoms with Crippen LogP contribution >= 0.6 is 0 Å². The number of nitriles is 1. The molecule has 1 N–H and O–H groups in total. The second kappa shape index (κ2) is 6.56. The molecule has 2 nitrogen and oxygen atoms in total. The fraction of sp³-hybridized carbons (Fsp3) is 0.562. The van der Waals surface area contributed by atoms with E-state index in [2.05, 4.69) is 51.2 Å². The van der Waals surface area contributed by atoms with Crippen LogP contribution in [0, 0.1) is 22.7 Å². The van der Waals surface area contributed by atoms with E-state index in [0.29, 0.717) is 12.3 Å². The molecule has 0 amide bonds. The van der Waals surface area contributed by atoms with E-state index in [-0.39, 0.29) is 11.5 Å². The van der Waals surface area contributed by atoms with Crippen LogP contribution in [0.5, 0.6) is 0 Å². The van der Waals surface area contributed by atoms with Gasteiger partial charge in [-0.2, -0.15) is 5.26 Å². The van der Waals surface area contributed by atoms with E-state index in [1.165, 1.54) is 5.56 Å². The minimum Gasteiger partial charge on any atom is -0.309 e. The lowest BCUT2D eigenvalue weighted by molar-refractivity contribution is 0.228. The monoisotopic (exact) mass is 244 g/mol. The summed E-state index contributed by atoms with van der Waals surface area (Å²) in [7, 11) is 0. The molecule has 0 heterocycles. The summed E-state index contributed by atoms with van der Waals surface area (Å²) < 4.78 is 0. The Labute approximate surface area is 111 Å². The van der Waals surface area contributed by atoms with Gasteiger partial charge < -0.3 is 5.32 Å². The number of hydrogen-bond acceptors (Lipinski definition) is 2. The summed E-state index contributed by atoms with van der Waals surface area (Å²) in [5.74, 6) is 0.614. The highest BCUT2D eigenvalue weighted by molar-refractivity contribution is 5.19. The van der Waals surface area contributed by atoms with Crippen LogP contribution in [-0.2, 0) is 0 Å². The lowest BCUT2D eigenvalue weighted by atomic mass is 9.81. The SMILES string of the molecule is CC(C)C(C)(C)CNC(CC#N)c1ccccc1. The smallest absolute Gasteiger partial charge is 0.0641 e. The van der Waals surface area contributed by atoms with E-state index in [1.54, 1.807) is 0 Å². The first-order valence-corrected chi connectivity index (χ1v) is 6.62. The van der Waals surface area contributed by atoms with Gasteiger partial charge in [0.15, 0.2) is 0 Å². The van der Waals surface area contributed by atoms with Gasteiger partial charge in [-0.3, -0.25) is 0 Å². The summed E-state index contributed by atoms with van der Waals surface area (Å²) in [5.41, 5.74) is 1.43. The first kappa shape index (κ1) is 14.7. The molecule has 1 unspecified atom stereocenters. The van der Waals surface area contributed by atoms with Gasteiger partial charge in [-0.05, 0) is 16.9 Å². The molecule has 0 fully saturated rings. The van der Waals surface area contributed by atoms with Crippen molar-refractivity contribution in [2.24, 2.45) is 11.3 Å². The van der Waals surface area contributed by atoms with Gasteiger partial charge in [-0.1, -0.05) is 58.0 Å². The molecular weight excluding hydrogens is 220 g/mol. The first-order chi connectivity index (χ1) is 8.47. The highest BCUT2D eigenvalue weighted by Crippen LogP contribution is 2.26. The highest BCUT2D eigenvalue weighted by atomic mass is 14.9. The molecule has 0 spiro atoms. The fourth-order valence-corrected chi connectivity index (χ4v) is 1.67. The van der Waals surface area contributed by atoms with Crippen LogP contribution in [0.15, 0.2) is 30.3 Å². The summed E-state index contributed by atoms with van der Waals surface area (Å²) in [4.78, 5) is 0. The van der Waals surface area contributed by atoms with E-state index >= 15 is 0 Å². The second-order valence-electron chi connectivity index (χ2n) is 5.85. The molecule has 2 heteroatoms. The molecule has 0 aromatic heterocycles. The quantitative estimate of drug-likeness (QED) is 0.823. The van der Waals surface area contributed by atoms with E-state index in [0.717, 1.165) is 6.54 Å². The largest absolute Gasteiger partial charge is 0.309 e. The second-order valence-corrected chi connectivity index (χ2v) is 5.85. The number of nitrogens with one attached hydrogen (secondary N) is 1. The van der Waals surface area contributed by atoms with E-state index < -0.39 is 0 Å². The van der Waals surface area contributed by atoms with Crippen molar-refractivity contribution in [3.8, 4) is 6.07 Å². The van der Waals surface area contributed by atoms with E-state index in [9.17, 15) is 0 Å². The maximum Gasteiger partial charge on any atom is 0.0641 e. The first-order valence-electron chi connectivity index (χ1n) is 6.62. The van der Waals surface area contributed by atoms with Crippen molar-refractivity contribution >= 4 is 0 Å². The van der Waals surface area contributed by atoms with Crippen molar-refractivity contribution in [2.75, 3.05) is 6.54 Å². The van der Waals surface area contributed by atoms with Crippen molar-refractivity contribution in [3.63, 3.8) is 0 Å². The molecular formula is C16H24N2. The van der Waals surface area contributed by atoms with Crippen LogP contribution in [-0.4, -0.2) is 6.54 Å². The summed E-state index contributed by atoms with van der Waals surface area (Å²) in [6, 6.07) is 12.6. The van der Waals surface area contributed by atoms with Gasteiger partial charge in [0.1, 0.15) is 0 Å². The predicted octanol–water partition coefficient (Wildman–Crippen LogP) is 3.91. The third-order valence-electron chi connectivity index (χ3n) is 3.86. The molecule has 1 aromatic carbocycles. The lowest BCUT2D eigenvalue weighted by Gasteiger charge is -2.31. The van der Waals surface area contributed by atoms with Crippen LogP contribution in [0.4, 0.5) is 0 Å². The summed E-state index contributed by atoms with van der Waals surface area (Å²) in [6.45, 7) is 9.93. The number of nitrogens with zero attached hydrogens (tertiary/aromatic N) is 1. The Morgan fingerprint density at radius 2 is 1.83 bits per heavy atom. The third kappa shape index (κ3) is 4.16. The topological polar surface area (TPSA) is 35.8 Å². The standard InChI is InChI=1S/C16H24N2/c1-13(2)16(3,4)12-18-15(10-11-17)14-8-6-5-7-9-14/h5-9,13,15,18H,10,12H2,1-4H3. The number of rotatable bonds is 6. The molecule has 1 rings (SSSR count). The normalized spacial score (nSPS) is 13.3. The Bertz CT molecular complexity index is 387. The van der Waals surface area contributed by atoms with Crippen molar-refractivity contribution in [1.29, 1.82) is 5.26 Å². The van der Waals surface area contributed by atoms with Crippen LogP contribution < -0.4 is 5.32 Å². The maximum absolute atomic E-state index is 8.95. The van der Waals surface area contributed by atoms with Crippen molar-refractivity contribution in [1.82, 2.24) is 5.32 Å². The zero-order valence-corrected chi connectivity index (χ0v) is 11.9. The van der Waals surface area contributed by atoms with Crippen LogP contribution in [0.25, 0.3) is 0 Å².